The standard InChI is InChI=1S/C18H31N3O3/c1-5-8-19-16(23)13-6-9-20(10-7-13)17(24)14-11-15(22)21(12-14)18(2,3)4/h13-14H,5-12H2,1-4H3,(H,19,23). The third-order valence-electron chi connectivity index (χ3n) is 5.01. The summed E-state index contributed by atoms with van der Waals surface area (Å²) in [5.74, 6) is 0.0233. The molecule has 2 saturated heterocycles. The van der Waals surface area contributed by atoms with E-state index in [1.54, 1.807) is 4.90 Å². The first kappa shape index (κ1) is 18.7. The molecule has 0 aromatic rings. The number of nitrogens with one attached hydrogen (secondary N) is 1. The van der Waals surface area contributed by atoms with Gasteiger partial charge in [0.15, 0.2) is 0 Å². The molecule has 0 aliphatic carbocycles. The van der Waals surface area contributed by atoms with Crippen LogP contribution >= 0.6 is 0 Å². The van der Waals surface area contributed by atoms with Gasteiger partial charge in [-0.1, -0.05) is 6.92 Å². The molecule has 1 unspecified atom stereocenters. The highest BCUT2D eigenvalue weighted by atomic mass is 16.2. The minimum absolute atomic E-state index is 0.0110. The number of carbonyl (C=O) groups excluding carboxylic acids is 3. The molecule has 24 heavy (non-hydrogen) atoms. The van der Waals surface area contributed by atoms with Crippen molar-refractivity contribution in [1.82, 2.24) is 15.1 Å². The molecule has 0 radical (unpaired) electrons. The van der Waals surface area contributed by atoms with Crippen LogP contribution in [0, 0.1) is 11.8 Å². The highest BCUT2D eigenvalue weighted by Crippen LogP contribution is 2.28. The van der Waals surface area contributed by atoms with Crippen LogP contribution in [0.2, 0.25) is 0 Å². The molecule has 3 amide bonds. The Kier molecular flexibility index (Phi) is 5.88. The van der Waals surface area contributed by atoms with Gasteiger partial charge in [0, 0.05) is 44.1 Å². The van der Waals surface area contributed by atoms with Gasteiger partial charge >= 0.3 is 0 Å². The van der Waals surface area contributed by atoms with Crippen LogP contribution in [-0.2, 0) is 14.4 Å². The maximum absolute atomic E-state index is 12.7. The van der Waals surface area contributed by atoms with E-state index in [0.29, 0.717) is 45.4 Å². The van der Waals surface area contributed by atoms with Crippen LogP contribution < -0.4 is 5.32 Å². The Morgan fingerprint density at radius 2 is 1.79 bits per heavy atom. The summed E-state index contributed by atoms with van der Waals surface area (Å²) in [4.78, 5) is 40.5. The molecule has 0 bridgehead atoms. The van der Waals surface area contributed by atoms with E-state index in [1.165, 1.54) is 0 Å². The summed E-state index contributed by atoms with van der Waals surface area (Å²) < 4.78 is 0. The average Bonchev–Trinajstić information content (AvgIpc) is 2.94. The Morgan fingerprint density at radius 3 is 2.29 bits per heavy atom. The molecule has 0 spiro atoms. The van der Waals surface area contributed by atoms with E-state index < -0.39 is 0 Å². The van der Waals surface area contributed by atoms with Crippen molar-refractivity contribution in [2.75, 3.05) is 26.2 Å². The molecule has 2 aliphatic heterocycles. The molecule has 1 atom stereocenters. The van der Waals surface area contributed by atoms with E-state index in [-0.39, 0.29) is 35.1 Å². The van der Waals surface area contributed by atoms with Gasteiger partial charge in [0.05, 0.1) is 5.92 Å². The molecule has 6 heteroatoms. The Bertz CT molecular complexity index is 490. The van der Waals surface area contributed by atoms with Gasteiger partial charge < -0.3 is 15.1 Å². The zero-order chi connectivity index (χ0) is 17.9. The second-order valence-corrected chi connectivity index (χ2v) is 7.97. The minimum atomic E-state index is -0.240. The lowest BCUT2D eigenvalue weighted by molar-refractivity contribution is -0.139. The minimum Gasteiger partial charge on any atom is -0.356 e. The molecule has 1 N–H and O–H groups in total. The maximum atomic E-state index is 12.7. The smallest absolute Gasteiger partial charge is 0.227 e. The van der Waals surface area contributed by atoms with Gasteiger partial charge in [-0.05, 0) is 40.0 Å². The lowest BCUT2D eigenvalue weighted by atomic mass is 9.94. The normalized spacial score (nSPS) is 22.8. The van der Waals surface area contributed by atoms with Gasteiger partial charge in [0.2, 0.25) is 17.7 Å². The molecule has 0 aromatic carbocycles. The lowest BCUT2D eigenvalue weighted by Gasteiger charge is -2.34. The Hall–Kier alpha value is -1.59. The number of amides is 3. The fourth-order valence-electron chi connectivity index (χ4n) is 3.53. The quantitative estimate of drug-likeness (QED) is 0.843. The fourth-order valence-corrected chi connectivity index (χ4v) is 3.53. The summed E-state index contributed by atoms with van der Waals surface area (Å²) in [5.41, 5.74) is -0.240. The van der Waals surface area contributed by atoms with Gasteiger partial charge in [-0.15, -0.1) is 0 Å². The monoisotopic (exact) mass is 337 g/mol. The van der Waals surface area contributed by atoms with Crippen LogP contribution in [0.15, 0.2) is 0 Å². The molecule has 2 rings (SSSR count). The van der Waals surface area contributed by atoms with Crippen molar-refractivity contribution in [2.45, 2.75) is 58.9 Å². The summed E-state index contributed by atoms with van der Waals surface area (Å²) in [6, 6.07) is 0. The third kappa shape index (κ3) is 4.28. The summed E-state index contributed by atoms with van der Waals surface area (Å²) in [7, 11) is 0. The Balaban J connectivity index is 1.85. The van der Waals surface area contributed by atoms with Gasteiger partial charge in [-0.3, -0.25) is 14.4 Å². The van der Waals surface area contributed by atoms with Gasteiger partial charge in [0.1, 0.15) is 0 Å². The van der Waals surface area contributed by atoms with Crippen molar-refractivity contribution in [3.05, 3.63) is 0 Å². The second-order valence-electron chi connectivity index (χ2n) is 7.97. The lowest BCUT2D eigenvalue weighted by Crippen LogP contribution is -2.46. The Labute approximate surface area is 144 Å². The number of likely N-dealkylation sites (tertiary alicyclic amines) is 2. The maximum Gasteiger partial charge on any atom is 0.227 e. The van der Waals surface area contributed by atoms with Crippen molar-refractivity contribution >= 4 is 17.7 Å². The molecular weight excluding hydrogens is 306 g/mol. The molecule has 6 nitrogen and oxygen atoms in total. The van der Waals surface area contributed by atoms with Crippen LogP contribution in [0.5, 0.6) is 0 Å². The fraction of sp³-hybridized carbons (Fsp3) is 0.833. The van der Waals surface area contributed by atoms with Crippen LogP contribution in [0.25, 0.3) is 0 Å². The van der Waals surface area contributed by atoms with Crippen LogP contribution in [0.3, 0.4) is 0 Å². The zero-order valence-corrected chi connectivity index (χ0v) is 15.4. The molecule has 2 fully saturated rings. The molecule has 0 saturated carbocycles. The van der Waals surface area contributed by atoms with Crippen LogP contribution in [0.4, 0.5) is 0 Å². The summed E-state index contributed by atoms with van der Waals surface area (Å²) in [5, 5.41) is 2.94. The number of nitrogens with zero attached hydrogens (tertiary/aromatic N) is 2. The highest BCUT2D eigenvalue weighted by molar-refractivity contribution is 5.89. The SMILES string of the molecule is CCCNC(=O)C1CCN(C(=O)C2CC(=O)N(C(C)(C)C)C2)CC1. The summed E-state index contributed by atoms with van der Waals surface area (Å²) >= 11 is 0. The third-order valence-corrected chi connectivity index (χ3v) is 5.01. The topological polar surface area (TPSA) is 69.7 Å². The molecule has 2 aliphatic rings. The van der Waals surface area contributed by atoms with Crippen molar-refractivity contribution in [1.29, 1.82) is 0 Å². The highest BCUT2D eigenvalue weighted by Gasteiger charge is 2.41. The molecule has 136 valence electrons. The number of hydrogen-bond donors (Lipinski definition) is 1. The molecular formula is C18H31N3O3. The first-order valence-electron chi connectivity index (χ1n) is 9.11. The predicted molar refractivity (Wildman–Crippen MR) is 92.2 cm³/mol. The first-order chi connectivity index (χ1) is 11.2. The number of rotatable bonds is 4. The van der Waals surface area contributed by atoms with Gasteiger partial charge in [-0.25, -0.2) is 0 Å². The molecule has 2 heterocycles. The molecule has 0 aromatic heterocycles. The van der Waals surface area contributed by atoms with Crippen molar-refractivity contribution in [3.8, 4) is 0 Å². The van der Waals surface area contributed by atoms with E-state index in [4.69, 9.17) is 0 Å². The number of piperidine rings is 1. The first-order valence-corrected chi connectivity index (χ1v) is 9.11. The Morgan fingerprint density at radius 1 is 1.17 bits per heavy atom. The van der Waals surface area contributed by atoms with Crippen LogP contribution in [0.1, 0.15) is 53.4 Å². The summed E-state index contributed by atoms with van der Waals surface area (Å²) in [6.45, 7) is 10.5. The largest absolute Gasteiger partial charge is 0.356 e. The van der Waals surface area contributed by atoms with E-state index in [2.05, 4.69) is 5.32 Å². The van der Waals surface area contributed by atoms with Crippen molar-refractivity contribution in [3.63, 3.8) is 0 Å². The van der Waals surface area contributed by atoms with Gasteiger partial charge in [0.25, 0.3) is 0 Å². The van der Waals surface area contributed by atoms with E-state index in [0.717, 1.165) is 6.42 Å². The summed E-state index contributed by atoms with van der Waals surface area (Å²) in [6.07, 6.45) is 2.67. The number of hydrogen-bond acceptors (Lipinski definition) is 3. The van der Waals surface area contributed by atoms with E-state index in [1.807, 2.05) is 32.6 Å². The van der Waals surface area contributed by atoms with Crippen LogP contribution in [-0.4, -0.2) is 59.2 Å². The number of carbonyl (C=O) groups is 3. The zero-order valence-electron chi connectivity index (χ0n) is 15.4. The van der Waals surface area contributed by atoms with Crippen molar-refractivity contribution < 1.29 is 14.4 Å². The van der Waals surface area contributed by atoms with E-state index >= 15 is 0 Å². The van der Waals surface area contributed by atoms with Crippen molar-refractivity contribution in [2.24, 2.45) is 11.8 Å². The predicted octanol–water partition coefficient (Wildman–Crippen LogP) is 1.40. The van der Waals surface area contributed by atoms with Gasteiger partial charge in [-0.2, -0.15) is 0 Å². The second kappa shape index (κ2) is 7.53. The van der Waals surface area contributed by atoms with E-state index in [9.17, 15) is 14.4 Å². The average molecular weight is 337 g/mol.